The molecule has 0 aliphatic rings. The second kappa shape index (κ2) is 6.22. The monoisotopic (exact) mass is 260 g/mol. The highest BCUT2D eigenvalue weighted by atomic mass is 35.5. The van der Waals surface area contributed by atoms with Crippen molar-refractivity contribution in [3.63, 3.8) is 0 Å². The molecule has 0 bridgehead atoms. The van der Waals surface area contributed by atoms with Gasteiger partial charge in [0.1, 0.15) is 6.61 Å². The van der Waals surface area contributed by atoms with E-state index in [0.29, 0.717) is 0 Å². The number of carbonyl (C=O) groups is 1. The summed E-state index contributed by atoms with van der Waals surface area (Å²) in [6.07, 6.45) is 0.816. The molecule has 0 atom stereocenters. The summed E-state index contributed by atoms with van der Waals surface area (Å²) in [5, 5.41) is 0. The first-order valence-electron chi connectivity index (χ1n) is 5.68. The molecule has 0 aliphatic carbocycles. The van der Waals surface area contributed by atoms with E-state index in [9.17, 15) is 4.79 Å². The Balaban J connectivity index is 2.14. The molecule has 3 heteroatoms. The molecule has 2 aromatic rings. The van der Waals surface area contributed by atoms with Crippen LogP contribution in [0.15, 0.2) is 54.6 Å². The number of rotatable bonds is 4. The first kappa shape index (κ1) is 12.7. The molecule has 0 fully saturated rings. The molecule has 0 saturated carbocycles. The molecule has 0 heterocycles. The third-order valence-electron chi connectivity index (χ3n) is 2.70. The number of benzene rings is 2. The Hall–Kier alpha value is -1.80. The maximum Gasteiger partial charge on any atom is 0.404 e. The molecule has 0 spiro atoms. The summed E-state index contributed by atoms with van der Waals surface area (Å²) >= 11 is 5.18. The second-order valence-corrected chi connectivity index (χ2v) is 4.27. The fraction of sp³-hybridized carbons (Fsp3) is 0.133. The minimum absolute atomic E-state index is 0.214. The van der Waals surface area contributed by atoms with E-state index in [1.165, 1.54) is 5.56 Å². The van der Waals surface area contributed by atoms with Gasteiger partial charge in [0.25, 0.3) is 0 Å². The summed E-state index contributed by atoms with van der Waals surface area (Å²) in [5.74, 6) is 0. The normalized spacial score (nSPS) is 10.1. The van der Waals surface area contributed by atoms with Gasteiger partial charge in [-0.25, -0.2) is 4.79 Å². The van der Waals surface area contributed by atoms with Crippen molar-refractivity contribution < 1.29 is 9.53 Å². The van der Waals surface area contributed by atoms with Crippen LogP contribution >= 0.6 is 11.6 Å². The van der Waals surface area contributed by atoms with Crippen molar-refractivity contribution in [3.8, 4) is 0 Å². The highest BCUT2D eigenvalue weighted by molar-refractivity contribution is 6.61. The lowest BCUT2D eigenvalue weighted by molar-refractivity contribution is 0.167. The minimum atomic E-state index is -0.774. The largest absolute Gasteiger partial charge is 0.449 e. The van der Waals surface area contributed by atoms with Crippen LogP contribution in [0.2, 0.25) is 0 Å². The quantitative estimate of drug-likeness (QED) is 0.772. The molecule has 0 unspecified atom stereocenters. The summed E-state index contributed by atoms with van der Waals surface area (Å²) < 4.78 is 4.83. The van der Waals surface area contributed by atoms with E-state index in [-0.39, 0.29) is 6.61 Å². The minimum Gasteiger partial charge on any atom is -0.449 e. The molecule has 0 aliphatic heterocycles. The molecule has 2 aromatic carbocycles. The summed E-state index contributed by atoms with van der Waals surface area (Å²) in [7, 11) is 0. The van der Waals surface area contributed by atoms with Crippen LogP contribution in [-0.2, 0) is 17.8 Å². The second-order valence-electron chi connectivity index (χ2n) is 3.96. The molecular weight excluding hydrogens is 248 g/mol. The van der Waals surface area contributed by atoms with Gasteiger partial charge < -0.3 is 4.74 Å². The van der Waals surface area contributed by atoms with E-state index in [1.807, 2.05) is 42.5 Å². The number of hydrogen-bond acceptors (Lipinski definition) is 2. The highest BCUT2D eigenvalue weighted by Crippen LogP contribution is 2.15. The van der Waals surface area contributed by atoms with Gasteiger partial charge in [0.15, 0.2) is 0 Å². The van der Waals surface area contributed by atoms with Crippen molar-refractivity contribution >= 4 is 17.0 Å². The van der Waals surface area contributed by atoms with Crippen molar-refractivity contribution in [3.05, 3.63) is 71.3 Å². The van der Waals surface area contributed by atoms with Gasteiger partial charge in [-0.05, 0) is 23.1 Å². The third kappa shape index (κ3) is 3.60. The molecule has 18 heavy (non-hydrogen) atoms. The van der Waals surface area contributed by atoms with Gasteiger partial charge in [-0.2, -0.15) is 0 Å². The Morgan fingerprint density at radius 1 is 0.944 bits per heavy atom. The standard InChI is InChI=1S/C15H13ClO2/c16-15(17)18-11-14-9-5-4-8-13(14)10-12-6-2-1-3-7-12/h1-9H,10-11H2. The van der Waals surface area contributed by atoms with Crippen LogP contribution in [0, 0.1) is 0 Å². The fourth-order valence-electron chi connectivity index (χ4n) is 1.82. The number of halogens is 1. The van der Waals surface area contributed by atoms with Gasteiger partial charge in [-0.1, -0.05) is 54.6 Å². The van der Waals surface area contributed by atoms with Gasteiger partial charge >= 0.3 is 5.43 Å². The zero-order valence-corrected chi connectivity index (χ0v) is 10.6. The van der Waals surface area contributed by atoms with Crippen LogP contribution in [0.1, 0.15) is 16.7 Å². The van der Waals surface area contributed by atoms with Crippen molar-refractivity contribution in [1.82, 2.24) is 0 Å². The van der Waals surface area contributed by atoms with Crippen molar-refractivity contribution in [1.29, 1.82) is 0 Å². The average molecular weight is 261 g/mol. The van der Waals surface area contributed by atoms with E-state index in [0.717, 1.165) is 17.5 Å². The van der Waals surface area contributed by atoms with Gasteiger partial charge in [0.2, 0.25) is 0 Å². The number of ether oxygens (including phenoxy) is 1. The summed E-state index contributed by atoms with van der Waals surface area (Å²) in [5.41, 5.74) is 2.57. The average Bonchev–Trinajstić information content (AvgIpc) is 2.39. The van der Waals surface area contributed by atoms with Crippen LogP contribution in [0.4, 0.5) is 4.79 Å². The Bertz CT molecular complexity index is 523. The predicted octanol–water partition coefficient (Wildman–Crippen LogP) is 4.15. The molecule has 0 saturated heterocycles. The van der Waals surface area contributed by atoms with Gasteiger partial charge in [0, 0.05) is 11.6 Å². The number of carbonyl (C=O) groups excluding carboxylic acids is 1. The SMILES string of the molecule is O=C(Cl)OCc1ccccc1Cc1ccccc1. The number of hydrogen-bond donors (Lipinski definition) is 0. The highest BCUT2D eigenvalue weighted by Gasteiger charge is 2.05. The van der Waals surface area contributed by atoms with E-state index in [1.54, 1.807) is 0 Å². The Morgan fingerprint density at radius 3 is 2.22 bits per heavy atom. The molecule has 92 valence electrons. The van der Waals surface area contributed by atoms with Crippen molar-refractivity contribution in [2.24, 2.45) is 0 Å². The van der Waals surface area contributed by atoms with E-state index < -0.39 is 5.43 Å². The van der Waals surface area contributed by atoms with Gasteiger partial charge in [-0.3, -0.25) is 0 Å². The lowest BCUT2D eigenvalue weighted by atomic mass is 10.0. The van der Waals surface area contributed by atoms with Crippen LogP contribution in [0.3, 0.4) is 0 Å². The zero-order chi connectivity index (χ0) is 12.8. The molecule has 0 radical (unpaired) electrons. The summed E-state index contributed by atoms with van der Waals surface area (Å²) in [4.78, 5) is 10.6. The Kier molecular flexibility index (Phi) is 4.37. The summed E-state index contributed by atoms with van der Waals surface area (Å²) in [6.45, 7) is 0.214. The third-order valence-corrected chi connectivity index (χ3v) is 2.81. The fourth-order valence-corrected chi connectivity index (χ4v) is 1.88. The Morgan fingerprint density at radius 2 is 1.56 bits per heavy atom. The van der Waals surface area contributed by atoms with Crippen LogP contribution in [0.25, 0.3) is 0 Å². The smallest absolute Gasteiger partial charge is 0.404 e. The topological polar surface area (TPSA) is 26.3 Å². The molecule has 2 nitrogen and oxygen atoms in total. The van der Waals surface area contributed by atoms with Crippen LogP contribution < -0.4 is 0 Å². The van der Waals surface area contributed by atoms with Crippen LogP contribution in [-0.4, -0.2) is 5.43 Å². The van der Waals surface area contributed by atoms with E-state index >= 15 is 0 Å². The van der Waals surface area contributed by atoms with Crippen molar-refractivity contribution in [2.45, 2.75) is 13.0 Å². The Labute approximate surface area is 111 Å². The molecule has 0 aromatic heterocycles. The maximum absolute atomic E-state index is 10.6. The van der Waals surface area contributed by atoms with E-state index in [4.69, 9.17) is 16.3 Å². The summed E-state index contributed by atoms with van der Waals surface area (Å²) in [6, 6.07) is 18.0. The zero-order valence-electron chi connectivity index (χ0n) is 9.80. The first-order chi connectivity index (χ1) is 8.75. The molecular formula is C15H13ClO2. The molecule has 0 amide bonds. The molecule has 0 N–H and O–H groups in total. The first-order valence-corrected chi connectivity index (χ1v) is 6.06. The van der Waals surface area contributed by atoms with Crippen molar-refractivity contribution in [2.75, 3.05) is 0 Å². The molecule has 2 rings (SSSR count). The van der Waals surface area contributed by atoms with E-state index in [2.05, 4.69) is 12.1 Å². The van der Waals surface area contributed by atoms with Gasteiger partial charge in [-0.15, -0.1) is 0 Å². The van der Waals surface area contributed by atoms with Crippen LogP contribution in [0.5, 0.6) is 0 Å². The maximum atomic E-state index is 10.6. The van der Waals surface area contributed by atoms with Gasteiger partial charge in [0.05, 0.1) is 0 Å². The lowest BCUT2D eigenvalue weighted by Crippen LogP contribution is -2.00. The lowest BCUT2D eigenvalue weighted by Gasteiger charge is -2.09. The predicted molar refractivity (Wildman–Crippen MR) is 71.7 cm³/mol.